The van der Waals surface area contributed by atoms with Gasteiger partial charge in [-0.3, -0.25) is 0 Å². The Kier molecular flexibility index (Phi) is 4.01. The van der Waals surface area contributed by atoms with Gasteiger partial charge in [0.1, 0.15) is 11.6 Å². The normalized spacial score (nSPS) is 10.3. The molecule has 0 saturated heterocycles. The van der Waals surface area contributed by atoms with Gasteiger partial charge in [0, 0.05) is 5.56 Å². The molecule has 0 fully saturated rings. The largest absolute Gasteiger partial charge is 0.467 e. The Labute approximate surface area is 114 Å². The van der Waals surface area contributed by atoms with Gasteiger partial charge < -0.3 is 14.5 Å². The molecule has 0 spiro atoms. The quantitative estimate of drug-likeness (QED) is 0.685. The topological polar surface area (TPSA) is 77.2 Å². The van der Waals surface area contributed by atoms with Crippen LogP contribution in [0.3, 0.4) is 0 Å². The molecule has 0 aromatic carbocycles. The minimum absolute atomic E-state index is 0.0204. The molecule has 0 unspecified atom stereocenters. The number of halogens is 1. The van der Waals surface area contributed by atoms with E-state index < -0.39 is 5.97 Å². The summed E-state index contributed by atoms with van der Waals surface area (Å²) in [7, 11) is 1.29. The van der Waals surface area contributed by atoms with E-state index in [0.29, 0.717) is 17.9 Å². The number of ether oxygens (including phenoxy) is 1. The highest BCUT2D eigenvalue weighted by Crippen LogP contribution is 2.19. The molecule has 0 radical (unpaired) electrons. The molecule has 100 valence electrons. The van der Waals surface area contributed by atoms with Crippen molar-refractivity contribution in [2.24, 2.45) is 0 Å². The lowest BCUT2D eigenvalue weighted by Crippen LogP contribution is -2.12. The Balaban J connectivity index is 2.24. The monoisotopic (exact) mass is 281 g/mol. The number of esters is 1. The maximum Gasteiger partial charge on any atom is 0.357 e. The van der Waals surface area contributed by atoms with Crippen molar-refractivity contribution in [2.75, 3.05) is 12.4 Å². The fourth-order valence-electron chi connectivity index (χ4n) is 1.54. The van der Waals surface area contributed by atoms with Crippen molar-refractivity contribution in [3.05, 3.63) is 40.7 Å². The van der Waals surface area contributed by atoms with E-state index in [4.69, 9.17) is 16.0 Å². The average Bonchev–Trinajstić information content (AvgIpc) is 2.91. The minimum Gasteiger partial charge on any atom is -0.467 e. The van der Waals surface area contributed by atoms with E-state index >= 15 is 0 Å². The first-order valence-electron chi connectivity index (χ1n) is 5.50. The van der Waals surface area contributed by atoms with Crippen LogP contribution in [0.25, 0.3) is 0 Å². The summed E-state index contributed by atoms with van der Waals surface area (Å²) in [4.78, 5) is 19.5. The lowest BCUT2D eigenvalue weighted by atomic mass is 10.2. The van der Waals surface area contributed by atoms with Crippen LogP contribution in [0.15, 0.2) is 22.8 Å². The minimum atomic E-state index is -0.553. The SMILES string of the molecule is COC(=O)c1nc(Cl)nc(NCc2ccco2)c1C. The van der Waals surface area contributed by atoms with Crippen molar-refractivity contribution in [3.8, 4) is 0 Å². The van der Waals surface area contributed by atoms with Crippen LogP contribution in [0, 0.1) is 6.92 Å². The van der Waals surface area contributed by atoms with E-state index in [1.165, 1.54) is 7.11 Å². The molecule has 2 heterocycles. The van der Waals surface area contributed by atoms with Crippen molar-refractivity contribution in [3.63, 3.8) is 0 Å². The third kappa shape index (κ3) is 3.03. The Hall–Kier alpha value is -2.08. The highest BCUT2D eigenvalue weighted by molar-refractivity contribution is 6.28. The van der Waals surface area contributed by atoms with Crippen LogP contribution in [-0.4, -0.2) is 23.0 Å². The fraction of sp³-hybridized carbons (Fsp3) is 0.250. The van der Waals surface area contributed by atoms with Crippen molar-refractivity contribution < 1.29 is 13.9 Å². The molecule has 1 N–H and O–H groups in total. The zero-order valence-electron chi connectivity index (χ0n) is 10.4. The summed E-state index contributed by atoms with van der Waals surface area (Å²) in [6.07, 6.45) is 1.58. The first-order valence-corrected chi connectivity index (χ1v) is 5.88. The highest BCUT2D eigenvalue weighted by Gasteiger charge is 2.17. The van der Waals surface area contributed by atoms with Gasteiger partial charge >= 0.3 is 5.97 Å². The number of furan rings is 1. The van der Waals surface area contributed by atoms with Gasteiger partial charge in [0.2, 0.25) is 5.28 Å². The molecule has 2 rings (SSSR count). The molecule has 0 bridgehead atoms. The number of anilines is 1. The molecule has 0 aliphatic rings. The molecule has 0 amide bonds. The van der Waals surface area contributed by atoms with Crippen LogP contribution in [0.1, 0.15) is 21.8 Å². The van der Waals surface area contributed by atoms with E-state index in [1.807, 2.05) is 6.07 Å². The van der Waals surface area contributed by atoms with E-state index in [1.54, 1.807) is 19.3 Å². The molecule has 2 aromatic heterocycles. The molecule has 0 saturated carbocycles. The summed E-state index contributed by atoms with van der Waals surface area (Å²) >= 11 is 5.79. The zero-order valence-corrected chi connectivity index (χ0v) is 11.2. The van der Waals surface area contributed by atoms with Crippen molar-refractivity contribution >= 4 is 23.4 Å². The lowest BCUT2D eigenvalue weighted by molar-refractivity contribution is 0.0593. The van der Waals surface area contributed by atoms with Gasteiger partial charge in [-0.2, -0.15) is 0 Å². The number of rotatable bonds is 4. The van der Waals surface area contributed by atoms with Crippen LogP contribution >= 0.6 is 11.6 Å². The highest BCUT2D eigenvalue weighted by atomic mass is 35.5. The van der Waals surface area contributed by atoms with Crippen LogP contribution in [-0.2, 0) is 11.3 Å². The van der Waals surface area contributed by atoms with E-state index in [2.05, 4.69) is 20.0 Å². The second kappa shape index (κ2) is 5.71. The van der Waals surface area contributed by atoms with E-state index in [-0.39, 0.29) is 11.0 Å². The van der Waals surface area contributed by atoms with E-state index in [0.717, 1.165) is 5.76 Å². The summed E-state index contributed by atoms with van der Waals surface area (Å²) < 4.78 is 9.84. The number of methoxy groups -OCH3 is 1. The molecular weight excluding hydrogens is 270 g/mol. The maximum absolute atomic E-state index is 11.6. The molecule has 0 aliphatic heterocycles. The van der Waals surface area contributed by atoms with Gasteiger partial charge in [-0.05, 0) is 30.7 Å². The van der Waals surface area contributed by atoms with Crippen molar-refractivity contribution in [1.82, 2.24) is 9.97 Å². The van der Waals surface area contributed by atoms with Crippen LogP contribution in [0.2, 0.25) is 5.28 Å². The molecular formula is C12H12ClN3O3. The van der Waals surface area contributed by atoms with Gasteiger partial charge in [-0.15, -0.1) is 0 Å². The lowest BCUT2D eigenvalue weighted by Gasteiger charge is -2.10. The predicted octanol–water partition coefficient (Wildman–Crippen LogP) is 2.43. The average molecular weight is 282 g/mol. The van der Waals surface area contributed by atoms with Gasteiger partial charge in [0.25, 0.3) is 0 Å². The first-order chi connectivity index (χ1) is 9.11. The number of carbonyl (C=O) groups excluding carboxylic acids is 1. The Morgan fingerprint density at radius 2 is 2.32 bits per heavy atom. The Morgan fingerprint density at radius 1 is 1.53 bits per heavy atom. The summed E-state index contributed by atoms with van der Waals surface area (Å²) in [5, 5.41) is 3.02. The van der Waals surface area contributed by atoms with Gasteiger partial charge in [0.05, 0.1) is 19.9 Å². The second-order valence-corrected chi connectivity index (χ2v) is 4.08. The summed E-state index contributed by atoms with van der Waals surface area (Å²) in [6.45, 7) is 2.15. The molecule has 6 nitrogen and oxygen atoms in total. The fourth-order valence-corrected chi connectivity index (χ4v) is 1.71. The van der Waals surface area contributed by atoms with Crippen LogP contribution in [0.4, 0.5) is 5.82 Å². The standard InChI is InChI=1S/C12H12ClN3O3/c1-7-9(11(17)18-2)15-12(13)16-10(7)14-6-8-4-3-5-19-8/h3-5H,6H2,1-2H3,(H,14,15,16). The number of aromatic nitrogens is 2. The molecule has 2 aromatic rings. The van der Waals surface area contributed by atoms with Crippen LogP contribution < -0.4 is 5.32 Å². The number of carbonyl (C=O) groups is 1. The van der Waals surface area contributed by atoms with Gasteiger partial charge in [-0.1, -0.05) is 0 Å². The third-order valence-electron chi connectivity index (χ3n) is 2.51. The number of nitrogens with zero attached hydrogens (tertiary/aromatic N) is 2. The molecule has 7 heteroatoms. The van der Waals surface area contributed by atoms with E-state index in [9.17, 15) is 4.79 Å². The first kappa shape index (κ1) is 13.4. The predicted molar refractivity (Wildman–Crippen MR) is 69.2 cm³/mol. The maximum atomic E-state index is 11.6. The summed E-state index contributed by atoms with van der Waals surface area (Å²) in [5.41, 5.74) is 0.715. The Morgan fingerprint density at radius 3 is 2.95 bits per heavy atom. The van der Waals surface area contributed by atoms with Crippen molar-refractivity contribution in [2.45, 2.75) is 13.5 Å². The second-order valence-electron chi connectivity index (χ2n) is 3.74. The van der Waals surface area contributed by atoms with Gasteiger partial charge in [0.15, 0.2) is 5.69 Å². The molecule has 0 aliphatic carbocycles. The van der Waals surface area contributed by atoms with Gasteiger partial charge in [-0.25, -0.2) is 14.8 Å². The summed E-state index contributed by atoms with van der Waals surface area (Å²) in [5.74, 6) is 0.661. The molecule has 19 heavy (non-hydrogen) atoms. The Bertz CT molecular complexity index is 584. The van der Waals surface area contributed by atoms with Crippen LogP contribution in [0.5, 0.6) is 0 Å². The summed E-state index contributed by atoms with van der Waals surface area (Å²) in [6, 6.07) is 3.61. The number of nitrogens with one attached hydrogen (secondary N) is 1. The van der Waals surface area contributed by atoms with Crippen molar-refractivity contribution in [1.29, 1.82) is 0 Å². The zero-order chi connectivity index (χ0) is 13.8. The third-order valence-corrected chi connectivity index (χ3v) is 2.68. The number of hydrogen-bond donors (Lipinski definition) is 1. The smallest absolute Gasteiger partial charge is 0.357 e. The molecule has 0 atom stereocenters. The number of hydrogen-bond acceptors (Lipinski definition) is 6.